The molecule has 28 heavy (non-hydrogen) atoms. The normalized spacial score (nSPS) is 10.1. The molecule has 0 aliphatic heterocycles. The number of nitrogens with zero attached hydrogens (tertiary/aromatic N) is 1. The third kappa shape index (κ3) is 4.25. The largest absolute Gasteiger partial charge is 0.506 e. The van der Waals surface area contributed by atoms with Gasteiger partial charge >= 0.3 is 5.97 Å². The van der Waals surface area contributed by atoms with Gasteiger partial charge in [0.1, 0.15) is 28.4 Å². The van der Waals surface area contributed by atoms with E-state index in [1.807, 2.05) is 18.2 Å². The van der Waals surface area contributed by atoms with Crippen molar-refractivity contribution in [2.24, 2.45) is 0 Å². The van der Waals surface area contributed by atoms with Crippen LogP contribution >= 0.6 is 15.9 Å². The van der Waals surface area contributed by atoms with Crippen molar-refractivity contribution in [1.82, 2.24) is 4.98 Å². The third-order valence-electron chi connectivity index (χ3n) is 3.89. The van der Waals surface area contributed by atoms with E-state index in [0.29, 0.717) is 15.4 Å². The van der Waals surface area contributed by atoms with Gasteiger partial charge < -0.3 is 15.3 Å². The van der Waals surface area contributed by atoms with Crippen molar-refractivity contribution in [2.45, 2.75) is 0 Å². The van der Waals surface area contributed by atoms with Gasteiger partial charge in [0.15, 0.2) is 0 Å². The predicted molar refractivity (Wildman–Crippen MR) is 104 cm³/mol. The van der Waals surface area contributed by atoms with Crippen LogP contribution in [0, 0.1) is 5.82 Å². The zero-order valence-electron chi connectivity index (χ0n) is 14.0. The van der Waals surface area contributed by atoms with Crippen LogP contribution in [0.5, 0.6) is 11.5 Å². The maximum atomic E-state index is 13.0. The fourth-order valence-electron chi connectivity index (χ4n) is 2.58. The first kappa shape index (κ1) is 21.6. The minimum atomic E-state index is -1.14. The van der Waals surface area contributed by atoms with Gasteiger partial charge in [-0.25, -0.2) is 9.18 Å². The van der Waals surface area contributed by atoms with Crippen LogP contribution in [-0.2, 0) is 17.1 Å². The van der Waals surface area contributed by atoms with E-state index in [1.165, 1.54) is 24.4 Å². The Morgan fingerprint density at radius 3 is 2.36 bits per heavy atom. The first-order valence-corrected chi connectivity index (χ1v) is 8.55. The van der Waals surface area contributed by atoms with Crippen molar-refractivity contribution in [3.05, 3.63) is 76.6 Å². The molecule has 0 aliphatic rings. The summed E-state index contributed by atoms with van der Waals surface area (Å²) in [6, 6.07) is 14.4. The molecule has 0 saturated heterocycles. The molecule has 0 atom stereocenters. The number of fused-ring (bicyclic) bond motifs is 2. The molecular formula is C20H13BrCuFNO4. The summed E-state index contributed by atoms with van der Waals surface area (Å²) in [5.74, 6) is -1.73. The number of carbonyl (C=O) groups is 1. The molecule has 0 unspecified atom stereocenters. The topological polar surface area (TPSA) is 90.7 Å². The summed E-state index contributed by atoms with van der Waals surface area (Å²) in [4.78, 5) is 14.7. The molecule has 0 aliphatic carbocycles. The van der Waals surface area contributed by atoms with Gasteiger partial charge in [-0.1, -0.05) is 24.3 Å². The molecule has 4 rings (SSSR count). The van der Waals surface area contributed by atoms with E-state index < -0.39 is 5.97 Å². The molecular weight excluding hydrogens is 481 g/mol. The molecule has 0 amide bonds. The predicted octanol–water partition coefficient (Wildman–Crippen LogP) is 5.08. The second-order valence-electron chi connectivity index (χ2n) is 5.58. The molecule has 0 fully saturated rings. The molecule has 8 heteroatoms. The van der Waals surface area contributed by atoms with Crippen LogP contribution in [-0.4, -0.2) is 26.3 Å². The number of carboxylic acid groups (broad SMARTS) is 1. The van der Waals surface area contributed by atoms with E-state index in [-0.39, 0.29) is 39.9 Å². The quantitative estimate of drug-likeness (QED) is 0.322. The van der Waals surface area contributed by atoms with E-state index in [1.54, 1.807) is 18.2 Å². The van der Waals surface area contributed by atoms with Gasteiger partial charge in [-0.15, -0.1) is 0 Å². The molecule has 3 N–H and O–H groups in total. The molecule has 4 aromatic rings. The number of benzene rings is 3. The average Bonchev–Trinajstić information content (AvgIpc) is 2.68. The number of phenols is 2. The molecule has 1 radical (unpaired) electrons. The molecule has 0 bridgehead atoms. The fraction of sp³-hybridized carbons (Fsp3) is 0. The average molecular weight is 494 g/mol. The Balaban J connectivity index is 0.000000198. The summed E-state index contributed by atoms with van der Waals surface area (Å²) in [6.45, 7) is 0. The van der Waals surface area contributed by atoms with Crippen LogP contribution in [0.2, 0.25) is 0 Å². The molecule has 1 aromatic heterocycles. The number of phenolic OH excluding ortho intramolecular Hbond substituents is 1. The Bertz CT molecular complexity index is 1130. The Kier molecular flexibility index (Phi) is 6.96. The maximum Gasteiger partial charge on any atom is 0.339 e. The molecule has 1 heterocycles. The van der Waals surface area contributed by atoms with E-state index in [9.17, 15) is 19.4 Å². The van der Waals surface area contributed by atoms with Crippen molar-refractivity contribution < 1.29 is 41.6 Å². The van der Waals surface area contributed by atoms with Crippen LogP contribution in [0.25, 0.3) is 21.7 Å². The summed E-state index contributed by atoms with van der Waals surface area (Å²) >= 11 is 3.19. The van der Waals surface area contributed by atoms with E-state index in [4.69, 9.17) is 5.11 Å². The number of pyridine rings is 1. The summed E-state index contributed by atoms with van der Waals surface area (Å²) in [7, 11) is 0. The molecule has 0 spiro atoms. The van der Waals surface area contributed by atoms with Crippen molar-refractivity contribution in [3.63, 3.8) is 0 Å². The summed E-state index contributed by atoms with van der Waals surface area (Å²) in [5, 5.41) is 29.7. The van der Waals surface area contributed by atoms with Crippen molar-refractivity contribution in [2.75, 3.05) is 0 Å². The molecule has 0 saturated carbocycles. The number of carboxylic acids is 1. The van der Waals surface area contributed by atoms with Gasteiger partial charge in [0.25, 0.3) is 0 Å². The van der Waals surface area contributed by atoms with Gasteiger partial charge in [-0.3, -0.25) is 4.98 Å². The van der Waals surface area contributed by atoms with Gasteiger partial charge in [-0.2, -0.15) is 0 Å². The smallest absolute Gasteiger partial charge is 0.339 e. The van der Waals surface area contributed by atoms with Crippen LogP contribution in [0.15, 0.2) is 65.3 Å². The minimum absolute atomic E-state index is 0. The van der Waals surface area contributed by atoms with Gasteiger partial charge in [0.05, 0.1) is 4.47 Å². The second-order valence-corrected chi connectivity index (χ2v) is 6.37. The minimum Gasteiger partial charge on any atom is -0.506 e. The van der Waals surface area contributed by atoms with Crippen molar-refractivity contribution in [3.8, 4) is 11.5 Å². The Labute approximate surface area is 178 Å². The maximum absolute atomic E-state index is 13.0. The third-order valence-corrected chi connectivity index (χ3v) is 4.69. The van der Waals surface area contributed by atoms with Crippen molar-refractivity contribution in [1.29, 1.82) is 0 Å². The number of aromatic nitrogens is 1. The van der Waals surface area contributed by atoms with Gasteiger partial charge in [0.2, 0.25) is 0 Å². The number of aromatic hydroxyl groups is 2. The number of aromatic carboxylic acids is 1. The van der Waals surface area contributed by atoms with E-state index in [2.05, 4.69) is 20.9 Å². The van der Waals surface area contributed by atoms with Gasteiger partial charge in [-0.05, 0) is 57.0 Å². The number of halogens is 2. The van der Waals surface area contributed by atoms with Crippen molar-refractivity contribution >= 4 is 43.6 Å². The zero-order valence-corrected chi connectivity index (χ0v) is 16.6. The molecule has 5 nitrogen and oxygen atoms in total. The number of hydrogen-bond acceptors (Lipinski definition) is 4. The summed E-state index contributed by atoms with van der Waals surface area (Å²) < 4.78 is 13.4. The number of hydrogen-bond donors (Lipinski definition) is 3. The Morgan fingerprint density at radius 2 is 1.68 bits per heavy atom. The molecule has 3 aromatic carbocycles. The van der Waals surface area contributed by atoms with Crippen LogP contribution < -0.4 is 0 Å². The second kappa shape index (κ2) is 9.01. The summed E-state index contributed by atoms with van der Waals surface area (Å²) in [6.07, 6.45) is 1.52. The molecule has 147 valence electrons. The zero-order chi connectivity index (χ0) is 19.6. The first-order chi connectivity index (χ1) is 12.9. The Morgan fingerprint density at radius 1 is 1.00 bits per heavy atom. The number of rotatable bonds is 1. The van der Waals surface area contributed by atoms with Crippen LogP contribution in [0.4, 0.5) is 4.39 Å². The van der Waals surface area contributed by atoms with E-state index >= 15 is 0 Å². The monoisotopic (exact) mass is 492 g/mol. The summed E-state index contributed by atoms with van der Waals surface area (Å²) in [5.41, 5.74) is 0.207. The van der Waals surface area contributed by atoms with E-state index in [0.717, 1.165) is 10.8 Å². The fourth-order valence-corrected chi connectivity index (χ4v) is 3.15. The van der Waals surface area contributed by atoms with Crippen LogP contribution in [0.1, 0.15) is 10.4 Å². The van der Waals surface area contributed by atoms with Crippen LogP contribution in [0.3, 0.4) is 0 Å². The first-order valence-electron chi connectivity index (χ1n) is 7.76. The SMILES string of the molecule is O=C(O)c1cc2ccccc2c(Br)c1O.Oc1ccc(F)c2cccnc12.[Cu]. The standard InChI is InChI=1S/C11H7BrO3.C9H6FNO.Cu/c12-9-7-4-2-1-3-6(7)5-8(10(9)13)11(14)15;10-7-3-4-8(12)9-6(7)2-1-5-11-9;/h1-5,13H,(H,14,15);1-5,12H;. The van der Waals surface area contributed by atoms with Gasteiger partial charge in [0, 0.05) is 28.7 Å². The Hall–Kier alpha value is -2.67.